The molecule has 0 spiro atoms. The van der Waals surface area contributed by atoms with Crippen LogP contribution in [0, 0.1) is 0 Å². The van der Waals surface area contributed by atoms with E-state index in [0.29, 0.717) is 47.1 Å². The van der Waals surface area contributed by atoms with E-state index in [4.69, 9.17) is 14.2 Å². The van der Waals surface area contributed by atoms with Crippen LogP contribution in [0.4, 0.5) is 5.95 Å². The summed E-state index contributed by atoms with van der Waals surface area (Å²) in [6.45, 7) is 0.732. The zero-order valence-electron chi connectivity index (χ0n) is 20.5. The summed E-state index contributed by atoms with van der Waals surface area (Å²) < 4.78 is 16.4. The number of benzene rings is 3. The molecular formula is C28H21N3O8. The summed E-state index contributed by atoms with van der Waals surface area (Å²) in [4.78, 5) is 46.9. The highest BCUT2D eigenvalue weighted by Crippen LogP contribution is 2.43. The first-order valence-corrected chi connectivity index (χ1v) is 11.9. The van der Waals surface area contributed by atoms with E-state index < -0.39 is 29.5 Å². The number of amides is 1. The Hall–Kier alpha value is -5.32. The molecule has 3 N–H and O–H groups in total. The Balaban J connectivity index is 1.52. The Bertz CT molecular complexity index is 1690. The molecule has 1 unspecified atom stereocenters. The van der Waals surface area contributed by atoms with Crippen molar-refractivity contribution in [2.24, 2.45) is 0 Å². The van der Waals surface area contributed by atoms with E-state index >= 15 is 0 Å². The van der Waals surface area contributed by atoms with E-state index in [2.05, 4.69) is 9.97 Å². The smallest absolute Gasteiger partial charge is 0.335 e. The highest BCUT2D eigenvalue weighted by atomic mass is 16.6. The van der Waals surface area contributed by atoms with Crippen molar-refractivity contribution in [3.63, 3.8) is 0 Å². The molecule has 2 aliphatic heterocycles. The minimum atomic E-state index is -1.12. The zero-order valence-corrected chi connectivity index (χ0v) is 20.5. The summed E-state index contributed by atoms with van der Waals surface area (Å²) in [6.07, 6.45) is 0. The van der Waals surface area contributed by atoms with Gasteiger partial charge in [0.1, 0.15) is 24.7 Å². The maximum Gasteiger partial charge on any atom is 0.335 e. The number of carbonyl (C=O) groups excluding carboxylic acids is 2. The summed E-state index contributed by atoms with van der Waals surface area (Å²) >= 11 is 0. The number of H-pyrrole nitrogens is 1. The number of Topliss-reactive ketones (excluding diaryl/α,β-unsaturated/α-hetero) is 1. The first-order chi connectivity index (χ1) is 18.9. The predicted molar refractivity (Wildman–Crippen MR) is 138 cm³/mol. The fraction of sp³-hybridized carbons (Fsp3) is 0.143. The summed E-state index contributed by atoms with van der Waals surface area (Å²) in [5.74, 6) is -1.82. The topological polar surface area (TPSA) is 151 Å². The summed E-state index contributed by atoms with van der Waals surface area (Å²) in [7, 11) is 1.52. The van der Waals surface area contributed by atoms with Gasteiger partial charge in [0.2, 0.25) is 5.95 Å². The second kappa shape index (κ2) is 9.21. The number of carbonyl (C=O) groups is 3. The van der Waals surface area contributed by atoms with Crippen LogP contribution in [0.1, 0.15) is 27.5 Å². The van der Waals surface area contributed by atoms with E-state index in [1.165, 1.54) is 25.3 Å². The maximum atomic E-state index is 13.5. The third-order valence-corrected chi connectivity index (χ3v) is 6.64. The van der Waals surface area contributed by atoms with Crippen LogP contribution in [0.5, 0.6) is 17.2 Å². The standard InChI is InChI=1S/C28H21N3O8/c1-37-17-6-2-14(3-7-17)23-22(24(32)15-5-9-20-21(13-15)39-11-10-38-20)25(33)26(34)31(23)28-29-18-8-4-16(27(35)36)12-19(18)30-28/h2-9,12-13,23,32H,10-11H2,1H3,(H,29,30)(H,35,36)/b24-22+. The molecule has 1 aromatic heterocycles. The van der Waals surface area contributed by atoms with Gasteiger partial charge < -0.3 is 29.4 Å². The third-order valence-electron chi connectivity index (χ3n) is 6.64. The number of hydrogen-bond donors (Lipinski definition) is 3. The molecule has 11 nitrogen and oxygen atoms in total. The van der Waals surface area contributed by atoms with E-state index in [0.717, 1.165) is 4.90 Å². The molecule has 11 heteroatoms. The Morgan fingerprint density at radius 3 is 2.41 bits per heavy atom. The molecule has 1 fully saturated rings. The SMILES string of the molecule is COc1ccc(C2/C(=C(\O)c3ccc4c(c3)OCCO4)C(=O)C(=O)N2c2nc3ccc(C(=O)O)cc3[nH]2)cc1. The van der Waals surface area contributed by atoms with Crippen LogP contribution in [0.3, 0.4) is 0 Å². The molecule has 1 amide bonds. The van der Waals surface area contributed by atoms with Crippen LogP contribution >= 0.6 is 0 Å². The molecule has 39 heavy (non-hydrogen) atoms. The normalized spacial score (nSPS) is 18.0. The maximum absolute atomic E-state index is 13.5. The number of carboxylic acid groups (broad SMARTS) is 1. The molecule has 2 aliphatic rings. The number of ketones is 1. The molecule has 3 heterocycles. The minimum absolute atomic E-state index is 0.0247. The van der Waals surface area contributed by atoms with Crippen molar-refractivity contribution in [3.8, 4) is 17.2 Å². The lowest BCUT2D eigenvalue weighted by Crippen LogP contribution is -2.30. The van der Waals surface area contributed by atoms with Gasteiger partial charge in [-0.25, -0.2) is 9.78 Å². The molecule has 1 saturated heterocycles. The number of hydrogen-bond acceptors (Lipinski definition) is 8. The van der Waals surface area contributed by atoms with Gasteiger partial charge in [-0.2, -0.15) is 0 Å². The van der Waals surface area contributed by atoms with Gasteiger partial charge in [-0.15, -0.1) is 0 Å². The second-order valence-electron chi connectivity index (χ2n) is 8.90. The highest BCUT2D eigenvalue weighted by Gasteiger charge is 2.48. The van der Waals surface area contributed by atoms with Crippen molar-refractivity contribution in [2.45, 2.75) is 6.04 Å². The summed E-state index contributed by atoms with van der Waals surface area (Å²) in [6, 6.07) is 14.7. The lowest BCUT2D eigenvalue weighted by atomic mass is 9.95. The van der Waals surface area contributed by atoms with Gasteiger partial charge in [-0.05, 0) is 54.1 Å². The summed E-state index contributed by atoms with van der Waals surface area (Å²) in [5, 5.41) is 20.8. The number of nitrogens with one attached hydrogen (secondary N) is 1. The second-order valence-corrected chi connectivity index (χ2v) is 8.90. The largest absolute Gasteiger partial charge is 0.507 e. The number of fused-ring (bicyclic) bond motifs is 2. The average molecular weight is 527 g/mol. The Labute approximate surface area is 220 Å². The van der Waals surface area contributed by atoms with Gasteiger partial charge in [-0.1, -0.05) is 12.1 Å². The van der Waals surface area contributed by atoms with Gasteiger partial charge >= 0.3 is 11.9 Å². The summed E-state index contributed by atoms with van der Waals surface area (Å²) in [5.41, 5.74) is 1.44. The van der Waals surface area contributed by atoms with Gasteiger partial charge in [0.15, 0.2) is 11.5 Å². The number of imidazole rings is 1. The first-order valence-electron chi connectivity index (χ1n) is 11.9. The molecule has 196 valence electrons. The van der Waals surface area contributed by atoms with Crippen LogP contribution in [-0.4, -0.2) is 58.2 Å². The number of aromatic carboxylic acids is 1. The first kappa shape index (κ1) is 24.0. The molecule has 1 atom stereocenters. The van der Waals surface area contributed by atoms with E-state index in [1.807, 2.05) is 0 Å². The van der Waals surface area contributed by atoms with Gasteiger partial charge in [0.25, 0.3) is 5.78 Å². The van der Waals surface area contributed by atoms with Crippen molar-refractivity contribution in [3.05, 3.63) is 82.9 Å². The van der Waals surface area contributed by atoms with Crippen molar-refractivity contribution in [1.29, 1.82) is 0 Å². The van der Waals surface area contributed by atoms with Gasteiger partial charge in [0, 0.05) is 5.56 Å². The van der Waals surface area contributed by atoms with Gasteiger partial charge in [-0.3, -0.25) is 14.5 Å². The fourth-order valence-corrected chi connectivity index (χ4v) is 4.74. The number of aliphatic hydroxyl groups excluding tert-OH is 1. The van der Waals surface area contributed by atoms with Gasteiger partial charge in [0.05, 0.1) is 35.3 Å². The van der Waals surface area contributed by atoms with Crippen molar-refractivity contribution in [2.75, 3.05) is 25.2 Å². The van der Waals surface area contributed by atoms with Crippen LogP contribution in [0.15, 0.2) is 66.2 Å². The highest BCUT2D eigenvalue weighted by molar-refractivity contribution is 6.51. The van der Waals surface area contributed by atoms with E-state index in [9.17, 15) is 24.6 Å². The molecule has 0 saturated carbocycles. The monoisotopic (exact) mass is 527 g/mol. The predicted octanol–water partition coefficient (Wildman–Crippen LogP) is 3.67. The quantitative estimate of drug-likeness (QED) is 0.201. The number of aromatic amines is 1. The van der Waals surface area contributed by atoms with Crippen LogP contribution < -0.4 is 19.1 Å². The number of aromatic nitrogens is 2. The van der Waals surface area contributed by atoms with E-state index in [1.54, 1.807) is 42.5 Å². The molecule has 0 radical (unpaired) electrons. The van der Waals surface area contributed by atoms with Crippen LogP contribution in [0.2, 0.25) is 0 Å². The number of rotatable bonds is 5. The number of nitrogens with zero attached hydrogens (tertiary/aromatic N) is 2. The number of anilines is 1. The fourth-order valence-electron chi connectivity index (χ4n) is 4.74. The lowest BCUT2D eigenvalue weighted by Gasteiger charge is -2.23. The Kier molecular flexibility index (Phi) is 5.68. The van der Waals surface area contributed by atoms with E-state index in [-0.39, 0.29) is 22.6 Å². The third kappa shape index (κ3) is 4.00. The molecule has 6 rings (SSSR count). The number of carboxylic acids is 1. The zero-order chi connectivity index (χ0) is 27.3. The number of ether oxygens (including phenoxy) is 3. The lowest BCUT2D eigenvalue weighted by molar-refractivity contribution is -0.132. The molecule has 4 aromatic rings. The Morgan fingerprint density at radius 2 is 1.69 bits per heavy atom. The molecular weight excluding hydrogens is 506 g/mol. The van der Waals surface area contributed by atoms with Crippen molar-refractivity contribution >= 4 is 40.4 Å². The van der Waals surface area contributed by atoms with Crippen LogP contribution in [-0.2, 0) is 9.59 Å². The van der Waals surface area contributed by atoms with Crippen molar-refractivity contribution in [1.82, 2.24) is 9.97 Å². The van der Waals surface area contributed by atoms with Crippen molar-refractivity contribution < 1.29 is 38.8 Å². The Morgan fingerprint density at radius 1 is 0.974 bits per heavy atom. The average Bonchev–Trinajstić information content (AvgIpc) is 3.49. The molecule has 3 aromatic carbocycles. The van der Waals surface area contributed by atoms with Crippen LogP contribution in [0.25, 0.3) is 16.8 Å². The molecule has 0 aliphatic carbocycles. The minimum Gasteiger partial charge on any atom is -0.507 e. The number of aliphatic hydroxyl groups is 1. The molecule has 0 bridgehead atoms. The number of methoxy groups -OCH3 is 1.